The lowest BCUT2D eigenvalue weighted by Gasteiger charge is -2.09. The van der Waals surface area contributed by atoms with E-state index in [-0.39, 0.29) is 26.4 Å². The van der Waals surface area contributed by atoms with Crippen LogP contribution in [0.1, 0.15) is 10.5 Å². The summed E-state index contributed by atoms with van der Waals surface area (Å²) in [5.74, 6) is -1.57. The molecule has 0 radical (unpaired) electrons. The molecule has 1 aromatic heterocycles. The minimum atomic E-state index is -0.920. The SMILES string of the molecule is O=C(COC(=O)c1cccc[n+]1[O-])Nc1cc(Cl)c(Cl)cc1Cl. The van der Waals surface area contributed by atoms with E-state index in [1.807, 2.05) is 0 Å². The highest BCUT2D eigenvalue weighted by atomic mass is 35.5. The number of aromatic nitrogens is 1. The van der Waals surface area contributed by atoms with Gasteiger partial charge in [0.1, 0.15) is 0 Å². The quantitative estimate of drug-likeness (QED) is 0.385. The molecule has 1 heterocycles. The molecule has 0 bridgehead atoms. The number of nitrogens with zero attached hydrogens (tertiary/aromatic N) is 1. The zero-order chi connectivity index (χ0) is 17.0. The summed E-state index contributed by atoms with van der Waals surface area (Å²) in [6, 6.07) is 6.98. The molecular formula is C14H9Cl3N2O4. The number of esters is 1. The molecule has 0 aliphatic carbocycles. The van der Waals surface area contributed by atoms with Gasteiger partial charge < -0.3 is 15.3 Å². The summed E-state index contributed by atoms with van der Waals surface area (Å²) in [6.45, 7) is -0.593. The standard InChI is InChI=1S/C14H9Cl3N2O4/c15-8-5-10(17)11(6-9(8)16)18-13(20)7-23-14(21)12-3-1-2-4-19(12)22/h1-6H,7H2,(H,18,20). The van der Waals surface area contributed by atoms with Crippen molar-refractivity contribution in [1.29, 1.82) is 0 Å². The fourth-order valence-corrected chi connectivity index (χ4v) is 2.19. The van der Waals surface area contributed by atoms with Crippen LogP contribution in [0.25, 0.3) is 0 Å². The first-order chi connectivity index (χ1) is 10.9. The average molecular weight is 376 g/mol. The average Bonchev–Trinajstić information content (AvgIpc) is 2.51. The molecule has 1 amide bonds. The maximum absolute atomic E-state index is 11.8. The molecule has 1 aromatic carbocycles. The van der Waals surface area contributed by atoms with Gasteiger partial charge in [0.05, 0.1) is 20.8 Å². The molecule has 0 saturated carbocycles. The number of halogens is 3. The highest BCUT2D eigenvalue weighted by Gasteiger charge is 2.18. The van der Waals surface area contributed by atoms with E-state index in [0.717, 1.165) is 6.20 Å². The number of carbonyl (C=O) groups is 2. The Bertz CT molecular complexity index is 768. The third-order valence-electron chi connectivity index (χ3n) is 2.65. The largest absolute Gasteiger partial charge is 0.618 e. The molecule has 0 saturated heterocycles. The second-order valence-electron chi connectivity index (χ2n) is 4.28. The van der Waals surface area contributed by atoms with Crippen LogP contribution in [0.15, 0.2) is 36.5 Å². The van der Waals surface area contributed by atoms with Crippen molar-refractivity contribution in [1.82, 2.24) is 0 Å². The van der Waals surface area contributed by atoms with E-state index in [1.165, 1.54) is 30.3 Å². The molecule has 0 fully saturated rings. The zero-order valence-electron chi connectivity index (χ0n) is 11.4. The lowest BCUT2D eigenvalue weighted by atomic mass is 10.3. The Morgan fingerprint density at radius 2 is 1.83 bits per heavy atom. The predicted octanol–water partition coefficient (Wildman–Crippen LogP) is 3.08. The molecule has 23 heavy (non-hydrogen) atoms. The fraction of sp³-hybridized carbons (Fsp3) is 0.0714. The molecular weight excluding hydrogens is 367 g/mol. The fourth-order valence-electron chi connectivity index (χ4n) is 1.60. The van der Waals surface area contributed by atoms with Gasteiger partial charge in [0.25, 0.3) is 5.91 Å². The number of hydrogen-bond acceptors (Lipinski definition) is 4. The van der Waals surface area contributed by atoms with Crippen LogP contribution >= 0.6 is 34.8 Å². The van der Waals surface area contributed by atoms with Gasteiger partial charge in [-0.05, 0) is 18.2 Å². The van der Waals surface area contributed by atoms with Crippen LogP contribution in [0, 0.1) is 5.21 Å². The monoisotopic (exact) mass is 374 g/mol. The topological polar surface area (TPSA) is 82.3 Å². The lowest BCUT2D eigenvalue weighted by Crippen LogP contribution is -2.35. The van der Waals surface area contributed by atoms with Crippen molar-refractivity contribution in [3.63, 3.8) is 0 Å². The van der Waals surface area contributed by atoms with Gasteiger partial charge in [-0.2, -0.15) is 4.73 Å². The van der Waals surface area contributed by atoms with Crippen molar-refractivity contribution < 1.29 is 19.1 Å². The summed E-state index contributed by atoms with van der Waals surface area (Å²) in [5.41, 5.74) is -0.00594. The number of anilines is 1. The molecule has 0 unspecified atom stereocenters. The molecule has 1 N–H and O–H groups in total. The molecule has 0 spiro atoms. The Kier molecular flexibility index (Phi) is 5.65. The normalized spacial score (nSPS) is 10.2. The lowest BCUT2D eigenvalue weighted by molar-refractivity contribution is -0.608. The van der Waals surface area contributed by atoms with E-state index in [2.05, 4.69) is 5.32 Å². The van der Waals surface area contributed by atoms with Gasteiger partial charge >= 0.3 is 11.7 Å². The first-order valence-electron chi connectivity index (χ1n) is 6.18. The maximum Gasteiger partial charge on any atom is 0.405 e. The molecule has 9 heteroatoms. The number of pyridine rings is 1. The second kappa shape index (κ2) is 7.50. The van der Waals surface area contributed by atoms with Gasteiger partial charge in [-0.15, -0.1) is 0 Å². The summed E-state index contributed by atoms with van der Waals surface area (Å²) in [4.78, 5) is 23.5. The van der Waals surface area contributed by atoms with Crippen molar-refractivity contribution in [2.24, 2.45) is 0 Å². The predicted molar refractivity (Wildman–Crippen MR) is 85.8 cm³/mol. The molecule has 0 aliphatic rings. The van der Waals surface area contributed by atoms with Crippen molar-refractivity contribution in [2.45, 2.75) is 0 Å². The first-order valence-corrected chi connectivity index (χ1v) is 7.31. The molecule has 0 aliphatic heterocycles. The minimum absolute atomic E-state index is 0.180. The van der Waals surface area contributed by atoms with Gasteiger partial charge in [-0.1, -0.05) is 34.8 Å². The Morgan fingerprint density at radius 3 is 2.52 bits per heavy atom. The first kappa shape index (κ1) is 17.3. The van der Waals surface area contributed by atoms with Crippen LogP contribution in [0.4, 0.5) is 5.69 Å². The van der Waals surface area contributed by atoms with E-state index < -0.39 is 18.5 Å². The summed E-state index contributed by atoms with van der Waals surface area (Å²) in [7, 11) is 0. The van der Waals surface area contributed by atoms with Crippen LogP contribution < -0.4 is 10.0 Å². The van der Waals surface area contributed by atoms with Gasteiger partial charge in [0, 0.05) is 12.1 Å². The smallest absolute Gasteiger partial charge is 0.405 e. The van der Waals surface area contributed by atoms with Gasteiger partial charge in [0.15, 0.2) is 12.8 Å². The van der Waals surface area contributed by atoms with E-state index >= 15 is 0 Å². The summed E-state index contributed by atoms with van der Waals surface area (Å²) in [6.07, 6.45) is 1.14. The van der Waals surface area contributed by atoms with E-state index in [4.69, 9.17) is 39.5 Å². The zero-order valence-corrected chi connectivity index (χ0v) is 13.7. The van der Waals surface area contributed by atoms with Crippen molar-refractivity contribution >= 4 is 52.4 Å². The third-order valence-corrected chi connectivity index (χ3v) is 3.69. The van der Waals surface area contributed by atoms with E-state index in [0.29, 0.717) is 4.73 Å². The Labute approximate surface area is 146 Å². The summed E-state index contributed by atoms with van der Waals surface area (Å²) >= 11 is 17.5. The number of nitrogens with one attached hydrogen (secondary N) is 1. The highest BCUT2D eigenvalue weighted by Crippen LogP contribution is 2.32. The van der Waals surface area contributed by atoms with Crippen LogP contribution in [-0.4, -0.2) is 18.5 Å². The van der Waals surface area contributed by atoms with Crippen LogP contribution in [0.2, 0.25) is 15.1 Å². The van der Waals surface area contributed by atoms with Crippen molar-refractivity contribution in [2.75, 3.05) is 11.9 Å². The highest BCUT2D eigenvalue weighted by molar-refractivity contribution is 6.44. The van der Waals surface area contributed by atoms with Crippen LogP contribution in [0.5, 0.6) is 0 Å². The third kappa shape index (κ3) is 4.48. The molecule has 6 nitrogen and oxygen atoms in total. The van der Waals surface area contributed by atoms with Gasteiger partial charge in [0.2, 0.25) is 0 Å². The number of carbonyl (C=O) groups excluding carboxylic acids is 2. The van der Waals surface area contributed by atoms with Crippen molar-refractivity contribution in [3.05, 3.63) is 62.5 Å². The number of benzene rings is 1. The number of amides is 1. The second-order valence-corrected chi connectivity index (χ2v) is 5.50. The Hall–Kier alpha value is -2.02. The molecule has 120 valence electrons. The number of ether oxygens (including phenoxy) is 1. The van der Waals surface area contributed by atoms with E-state index in [1.54, 1.807) is 0 Å². The summed E-state index contributed by atoms with van der Waals surface area (Å²) < 4.78 is 5.11. The van der Waals surface area contributed by atoms with E-state index in [9.17, 15) is 14.8 Å². The Balaban J connectivity index is 1.97. The Morgan fingerprint density at radius 1 is 1.13 bits per heavy atom. The maximum atomic E-state index is 11.8. The van der Waals surface area contributed by atoms with Crippen LogP contribution in [0.3, 0.4) is 0 Å². The van der Waals surface area contributed by atoms with Crippen LogP contribution in [-0.2, 0) is 9.53 Å². The molecule has 2 rings (SSSR count). The molecule has 0 atom stereocenters. The van der Waals surface area contributed by atoms with Gasteiger partial charge in [-0.25, -0.2) is 4.79 Å². The minimum Gasteiger partial charge on any atom is -0.618 e. The molecule has 2 aromatic rings. The summed E-state index contributed by atoms with van der Waals surface area (Å²) in [5, 5.41) is 14.4. The number of hydrogen-bond donors (Lipinski definition) is 1. The van der Waals surface area contributed by atoms with Crippen molar-refractivity contribution in [3.8, 4) is 0 Å². The number of rotatable bonds is 4. The van der Waals surface area contributed by atoms with Gasteiger partial charge in [-0.3, -0.25) is 4.79 Å².